The highest BCUT2D eigenvalue weighted by molar-refractivity contribution is 5.93. The van der Waals surface area contributed by atoms with E-state index in [1.165, 1.54) is 36.4 Å². The number of hydrogen-bond donors (Lipinski definition) is 2. The van der Waals surface area contributed by atoms with Gasteiger partial charge in [-0.1, -0.05) is 12.1 Å². The number of likely N-dealkylation sites (N-methyl/N-ethyl adjacent to an activating group) is 1. The zero-order valence-corrected chi connectivity index (χ0v) is 14.8. The van der Waals surface area contributed by atoms with Gasteiger partial charge in [0, 0.05) is 0 Å². The van der Waals surface area contributed by atoms with E-state index in [1.54, 1.807) is 19.1 Å². The highest BCUT2D eigenvalue weighted by Gasteiger charge is 2.33. The second-order valence-electron chi connectivity index (χ2n) is 6.07. The topological polar surface area (TPSA) is 74.6 Å². The van der Waals surface area contributed by atoms with Crippen LogP contribution in [0.1, 0.15) is 24.3 Å². The fourth-order valence-electron chi connectivity index (χ4n) is 2.47. The Morgan fingerprint density at radius 3 is 2.41 bits per heavy atom. The minimum absolute atomic E-state index is 0.0978. The maximum Gasteiger partial charge on any atom is 0.418 e. The molecule has 0 radical (unpaired) electrons. The van der Waals surface area contributed by atoms with Gasteiger partial charge in [-0.05, 0) is 38.2 Å². The summed E-state index contributed by atoms with van der Waals surface area (Å²) in [6.45, 7) is 1.41. The molecule has 0 fully saturated rings. The molecule has 0 saturated carbocycles. The maximum atomic E-state index is 12.9. The minimum Gasteiger partial charge on any atom is -0.467 e. The Kier molecular flexibility index (Phi) is 6.62. The second kappa shape index (κ2) is 8.72. The van der Waals surface area contributed by atoms with Gasteiger partial charge in [-0.15, -0.1) is 0 Å². The van der Waals surface area contributed by atoms with E-state index < -0.39 is 17.6 Å². The van der Waals surface area contributed by atoms with Crippen LogP contribution >= 0.6 is 0 Å². The monoisotopic (exact) mass is 383 g/mol. The van der Waals surface area contributed by atoms with E-state index >= 15 is 0 Å². The molecule has 0 aliphatic carbocycles. The number of carbonyl (C=O) groups is 2. The van der Waals surface area contributed by atoms with Crippen LogP contribution in [0, 0.1) is 0 Å². The highest BCUT2D eigenvalue weighted by atomic mass is 19.4. The summed E-state index contributed by atoms with van der Waals surface area (Å²) in [7, 11) is 1.52. The average molecular weight is 383 g/mol. The third kappa shape index (κ3) is 6.14. The Labute approximate surface area is 154 Å². The normalized spacial score (nSPS) is 12.7. The van der Waals surface area contributed by atoms with E-state index in [0.29, 0.717) is 5.76 Å². The summed E-state index contributed by atoms with van der Waals surface area (Å²) in [6.07, 6.45) is -3.08. The summed E-state index contributed by atoms with van der Waals surface area (Å²) >= 11 is 0. The van der Waals surface area contributed by atoms with Crippen molar-refractivity contribution in [2.45, 2.75) is 19.1 Å². The Bertz CT molecular complexity index is 776. The van der Waals surface area contributed by atoms with Crippen molar-refractivity contribution in [2.75, 3.05) is 25.5 Å². The standard InChI is InChI=1S/C18H20F3N3O3/c1-12(15-8-5-9-27-15)22-16(25)10-24(2)11-17(26)23-14-7-4-3-6-13(14)18(19,20)21/h3-9,12H,10-11H2,1-2H3,(H,22,25)(H,23,26). The molecule has 1 heterocycles. The zero-order valence-electron chi connectivity index (χ0n) is 14.8. The van der Waals surface area contributed by atoms with Crippen molar-refractivity contribution in [3.63, 3.8) is 0 Å². The Hall–Kier alpha value is -2.81. The van der Waals surface area contributed by atoms with Gasteiger partial charge in [0.15, 0.2) is 0 Å². The lowest BCUT2D eigenvalue weighted by molar-refractivity contribution is -0.137. The van der Waals surface area contributed by atoms with Crippen molar-refractivity contribution in [1.82, 2.24) is 10.2 Å². The van der Waals surface area contributed by atoms with E-state index in [-0.39, 0.29) is 30.7 Å². The van der Waals surface area contributed by atoms with Gasteiger partial charge in [0.05, 0.1) is 36.6 Å². The van der Waals surface area contributed by atoms with E-state index in [1.807, 2.05) is 0 Å². The van der Waals surface area contributed by atoms with Crippen molar-refractivity contribution in [2.24, 2.45) is 0 Å². The van der Waals surface area contributed by atoms with Gasteiger partial charge in [-0.3, -0.25) is 14.5 Å². The number of amides is 2. The molecule has 2 amide bonds. The predicted octanol–water partition coefficient (Wildman–Crippen LogP) is 3.05. The molecule has 27 heavy (non-hydrogen) atoms. The first-order chi connectivity index (χ1) is 12.7. The average Bonchev–Trinajstić information content (AvgIpc) is 3.08. The number of para-hydroxylation sites is 1. The van der Waals surface area contributed by atoms with E-state index in [4.69, 9.17) is 4.42 Å². The molecule has 2 aromatic rings. The third-order valence-electron chi connectivity index (χ3n) is 3.68. The molecule has 0 spiro atoms. The predicted molar refractivity (Wildman–Crippen MR) is 92.8 cm³/mol. The van der Waals surface area contributed by atoms with Crippen LogP contribution in [0.3, 0.4) is 0 Å². The number of halogens is 3. The number of nitrogens with zero attached hydrogens (tertiary/aromatic N) is 1. The van der Waals surface area contributed by atoms with E-state index in [2.05, 4.69) is 10.6 Å². The summed E-state index contributed by atoms with van der Waals surface area (Å²) in [5, 5.41) is 4.95. The highest BCUT2D eigenvalue weighted by Crippen LogP contribution is 2.34. The van der Waals surface area contributed by atoms with Crippen molar-refractivity contribution < 1.29 is 27.2 Å². The number of hydrogen-bond acceptors (Lipinski definition) is 4. The molecule has 0 bridgehead atoms. The number of furan rings is 1. The van der Waals surface area contributed by atoms with Gasteiger partial charge < -0.3 is 15.1 Å². The molecule has 1 aromatic carbocycles. The van der Waals surface area contributed by atoms with Crippen molar-refractivity contribution in [3.8, 4) is 0 Å². The Morgan fingerprint density at radius 1 is 1.11 bits per heavy atom. The summed E-state index contributed by atoms with van der Waals surface area (Å²) < 4.78 is 44.0. The Morgan fingerprint density at radius 2 is 1.78 bits per heavy atom. The molecule has 6 nitrogen and oxygen atoms in total. The van der Waals surface area contributed by atoms with E-state index in [9.17, 15) is 22.8 Å². The number of nitrogens with one attached hydrogen (secondary N) is 2. The molecule has 0 aliphatic rings. The molecule has 2 rings (SSSR count). The number of carbonyl (C=O) groups excluding carboxylic acids is 2. The van der Waals surface area contributed by atoms with Gasteiger partial charge in [-0.25, -0.2) is 0 Å². The maximum absolute atomic E-state index is 12.9. The first kappa shape index (κ1) is 20.5. The van der Waals surface area contributed by atoms with Crippen LogP contribution < -0.4 is 10.6 Å². The molecular weight excluding hydrogens is 363 g/mol. The third-order valence-corrected chi connectivity index (χ3v) is 3.68. The first-order valence-corrected chi connectivity index (χ1v) is 8.14. The van der Waals surface area contributed by atoms with Crippen LogP contribution in [-0.4, -0.2) is 36.9 Å². The zero-order chi connectivity index (χ0) is 20.0. The molecule has 0 saturated heterocycles. The molecule has 146 valence electrons. The summed E-state index contributed by atoms with van der Waals surface area (Å²) in [5.74, 6) is -0.404. The molecule has 2 N–H and O–H groups in total. The van der Waals surface area contributed by atoms with E-state index in [0.717, 1.165) is 6.07 Å². The fraction of sp³-hybridized carbons (Fsp3) is 0.333. The van der Waals surface area contributed by atoms with Crippen molar-refractivity contribution in [3.05, 3.63) is 54.0 Å². The van der Waals surface area contributed by atoms with Crippen LogP contribution in [0.15, 0.2) is 47.1 Å². The summed E-state index contributed by atoms with van der Waals surface area (Å²) in [6, 6.07) is 7.80. The van der Waals surface area contributed by atoms with Gasteiger partial charge >= 0.3 is 6.18 Å². The lowest BCUT2D eigenvalue weighted by Gasteiger charge is -2.19. The second-order valence-corrected chi connectivity index (χ2v) is 6.07. The largest absolute Gasteiger partial charge is 0.467 e. The quantitative estimate of drug-likeness (QED) is 0.771. The van der Waals surface area contributed by atoms with Gasteiger partial charge in [-0.2, -0.15) is 13.2 Å². The number of anilines is 1. The number of rotatable bonds is 7. The first-order valence-electron chi connectivity index (χ1n) is 8.14. The Balaban J connectivity index is 1.86. The summed E-state index contributed by atoms with van der Waals surface area (Å²) in [4.78, 5) is 25.4. The number of alkyl halides is 3. The van der Waals surface area contributed by atoms with Crippen LogP contribution in [0.2, 0.25) is 0 Å². The molecule has 9 heteroatoms. The van der Waals surface area contributed by atoms with Crippen LogP contribution in [-0.2, 0) is 15.8 Å². The van der Waals surface area contributed by atoms with Gasteiger partial charge in [0.2, 0.25) is 11.8 Å². The smallest absolute Gasteiger partial charge is 0.418 e. The molecular formula is C18H20F3N3O3. The van der Waals surface area contributed by atoms with Crippen LogP contribution in [0.5, 0.6) is 0 Å². The van der Waals surface area contributed by atoms with Crippen molar-refractivity contribution in [1.29, 1.82) is 0 Å². The van der Waals surface area contributed by atoms with Gasteiger partial charge in [0.25, 0.3) is 0 Å². The lowest BCUT2D eigenvalue weighted by Crippen LogP contribution is -2.39. The molecule has 1 unspecified atom stereocenters. The molecule has 1 atom stereocenters. The molecule has 0 aliphatic heterocycles. The lowest BCUT2D eigenvalue weighted by atomic mass is 10.1. The fourth-order valence-corrected chi connectivity index (χ4v) is 2.47. The minimum atomic E-state index is -4.57. The van der Waals surface area contributed by atoms with Crippen LogP contribution in [0.25, 0.3) is 0 Å². The number of benzene rings is 1. The van der Waals surface area contributed by atoms with Crippen molar-refractivity contribution >= 4 is 17.5 Å². The molecule has 1 aromatic heterocycles. The summed E-state index contributed by atoms with van der Waals surface area (Å²) in [5.41, 5.74) is -1.25. The van der Waals surface area contributed by atoms with Crippen LogP contribution in [0.4, 0.5) is 18.9 Å². The SMILES string of the molecule is CC(NC(=O)CN(C)CC(=O)Nc1ccccc1C(F)(F)F)c1ccco1. The van der Waals surface area contributed by atoms with Gasteiger partial charge in [0.1, 0.15) is 5.76 Å².